The summed E-state index contributed by atoms with van der Waals surface area (Å²) in [4.78, 5) is 0.162. The molecule has 2 aromatic carbocycles. The molecule has 3 rings (SSSR count). The number of benzene rings is 2. The van der Waals surface area contributed by atoms with Gasteiger partial charge in [-0.25, -0.2) is 18.2 Å². The van der Waals surface area contributed by atoms with Gasteiger partial charge in [-0.2, -0.15) is 18.3 Å². The fourth-order valence-electron chi connectivity index (χ4n) is 2.61. The van der Waals surface area contributed by atoms with Crippen molar-refractivity contribution < 1.29 is 26.1 Å². The van der Waals surface area contributed by atoms with Gasteiger partial charge in [-0.05, 0) is 53.6 Å². The van der Waals surface area contributed by atoms with Crippen LogP contribution in [0.5, 0.6) is 0 Å². The summed E-state index contributed by atoms with van der Waals surface area (Å²) in [6.45, 7) is 0. The number of rotatable bonds is 4. The van der Waals surface area contributed by atoms with Crippen molar-refractivity contribution in [3.05, 3.63) is 60.3 Å². The highest BCUT2D eigenvalue weighted by molar-refractivity contribution is 7.90. The molecule has 1 heterocycles. The highest BCUT2D eigenvalue weighted by atomic mass is 32.2. The Morgan fingerprint density at radius 3 is 2.25 bits per heavy atom. The largest absolute Gasteiger partial charge is 0.612 e. The van der Waals surface area contributed by atoms with Crippen molar-refractivity contribution in [2.75, 3.05) is 6.26 Å². The maximum Gasteiger partial charge on any atom is 0.435 e. The molecule has 0 saturated heterocycles. The molecule has 11 heteroatoms. The topological polar surface area (TPSA) is 101 Å². The second-order valence-electron chi connectivity index (χ2n) is 5.81. The number of nitrogens with zero attached hydrogens (tertiary/aromatic N) is 2. The van der Waals surface area contributed by atoms with Crippen LogP contribution < -0.4 is 5.14 Å². The van der Waals surface area contributed by atoms with Gasteiger partial charge in [-0.15, -0.1) is 0 Å². The van der Waals surface area contributed by atoms with E-state index in [0.717, 1.165) is 10.7 Å². The Morgan fingerprint density at radius 2 is 1.71 bits per heavy atom. The van der Waals surface area contributed by atoms with E-state index in [4.69, 9.17) is 5.14 Å². The lowest BCUT2D eigenvalue weighted by molar-refractivity contribution is -0.141. The number of aromatic nitrogens is 2. The van der Waals surface area contributed by atoms with Crippen molar-refractivity contribution in [1.82, 2.24) is 9.78 Å². The van der Waals surface area contributed by atoms with Gasteiger partial charge in [0.05, 0.1) is 21.8 Å². The van der Waals surface area contributed by atoms with E-state index in [-0.39, 0.29) is 16.3 Å². The Bertz CT molecular complexity index is 1110. The Morgan fingerprint density at radius 1 is 1.11 bits per heavy atom. The highest BCUT2D eigenvalue weighted by Crippen LogP contribution is 2.35. The zero-order valence-corrected chi connectivity index (χ0v) is 16.0. The van der Waals surface area contributed by atoms with Gasteiger partial charge >= 0.3 is 6.18 Å². The van der Waals surface area contributed by atoms with Gasteiger partial charge in [-0.3, -0.25) is 0 Å². The zero-order valence-electron chi connectivity index (χ0n) is 14.3. The molecule has 1 aromatic heterocycles. The number of primary sulfonamides is 1. The van der Waals surface area contributed by atoms with E-state index in [1.807, 2.05) is 0 Å². The fraction of sp³-hybridized carbons (Fsp3) is 0.118. The summed E-state index contributed by atoms with van der Waals surface area (Å²) >= 11 is -1.45. The van der Waals surface area contributed by atoms with Gasteiger partial charge in [0, 0.05) is 0 Å². The second-order valence-corrected chi connectivity index (χ2v) is 8.72. The summed E-state index contributed by atoms with van der Waals surface area (Å²) in [5.41, 5.74) is -0.548. The first-order valence-corrected chi connectivity index (χ1v) is 10.8. The molecule has 3 aromatic rings. The SMILES string of the molecule is C[S+]([O-])c1ccccc1-c1cc(C(F)(F)F)nn1-c1ccc(S(N)(=O)=O)cc1. The molecule has 6 nitrogen and oxygen atoms in total. The summed E-state index contributed by atoms with van der Waals surface area (Å²) in [7, 11) is -3.95. The van der Waals surface area contributed by atoms with E-state index >= 15 is 0 Å². The first kappa shape index (κ1) is 20.4. The van der Waals surface area contributed by atoms with Crippen LogP contribution in [0.4, 0.5) is 13.2 Å². The molecule has 148 valence electrons. The minimum Gasteiger partial charge on any atom is -0.612 e. The molecule has 2 N–H and O–H groups in total. The van der Waals surface area contributed by atoms with Crippen LogP contribution in [0.15, 0.2) is 64.4 Å². The van der Waals surface area contributed by atoms with Crippen LogP contribution in [0.1, 0.15) is 5.69 Å². The molecule has 0 aliphatic rings. The predicted octanol–water partition coefficient (Wildman–Crippen LogP) is 2.94. The van der Waals surface area contributed by atoms with E-state index in [9.17, 15) is 26.1 Å². The Labute approximate surface area is 162 Å². The molecule has 1 unspecified atom stereocenters. The predicted molar refractivity (Wildman–Crippen MR) is 97.7 cm³/mol. The van der Waals surface area contributed by atoms with E-state index < -0.39 is 33.1 Å². The Balaban J connectivity index is 2.23. The molecular formula is C17H14F3N3O3S2. The van der Waals surface area contributed by atoms with Crippen LogP contribution in [-0.4, -0.2) is 29.0 Å². The molecule has 28 heavy (non-hydrogen) atoms. The van der Waals surface area contributed by atoms with Crippen molar-refractivity contribution in [2.45, 2.75) is 16.0 Å². The van der Waals surface area contributed by atoms with Crippen LogP contribution >= 0.6 is 0 Å². The molecule has 0 amide bonds. The number of alkyl halides is 3. The average molecular weight is 429 g/mol. The lowest BCUT2D eigenvalue weighted by Gasteiger charge is -2.12. The van der Waals surface area contributed by atoms with Crippen molar-refractivity contribution in [3.8, 4) is 16.9 Å². The number of sulfonamides is 1. The molecule has 0 saturated carbocycles. The van der Waals surface area contributed by atoms with Crippen molar-refractivity contribution in [3.63, 3.8) is 0 Å². The van der Waals surface area contributed by atoms with Crippen molar-refractivity contribution in [1.29, 1.82) is 0 Å². The molecule has 0 fully saturated rings. The van der Waals surface area contributed by atoms with E-state index in [1.165, 1.54) is 30.5 Å². The normalized spacial score (nSPS) is 13.5. The summed E-state index contributed by atoms with van der Waals surface area (Å²) in [6, 6.07) is 12.1. The number of nitrogens with two attached hydrogens (primary N) is 1. The van der Waals surface area contributed by atoms with Crippen LogP contribution in [0.25, 0.3) is 16.9 Å². The standard InChI is InChI=1S/C17H14F3N3O3S2/c1-27(24)15-5-3-2-4-13(15)14-10-16(17(18,19)20)22-23(14)11-6-8-12(9-7-11)28(21,25)26/h2-10H,1H3,(H2,21,25,26). The second kappa shape index (κ2) is 7.24. The van der Waals surface area contributed by atoms with E-state index in [0.29, 0.717) is 10.5 Å². The van der Waals surface area contributed by atoms with E-state index in [2.05, 4.69) is 5.10 Å². The lowest BCUT2D eigenvalue weighted by atomic mass is 10.1. The quantitative estimate of drug-likeness (QED) is 0.645. The summed E-state index contributed by atoms with van der Waals surface area (Å²) in [5.74, 6) is 0. The lowest BCUT2D eigenvalue weighted by Crippen LogP contribution is -2.12. The molecule has 0 radical (unpaired) electrons. The van der Waals surface area contributed by atoms with Gasteiger partial charge in [0.25, 0.3) is 0 Å². The van der Waals surface area contributed by atoms with Crippen molar-refractivity contribution >= 4 is 21.2 Å². The maximum atomic E-state index is 13.3. The van der Waals surface area contributed by atoms with Crippen molar-refractivity contribution in [2.24, 2.45) is 5.14 Å². The Hall–Kier alpha value is -2.34. The van der Waals surface area contributed by atoms with Gasteiger partial charge < -0.3 is 4.55 Å². The average Bonchev–Trinajstić information content (AvgIpc) is 3.06. The Kier molecular flexibility index (Phi) is 5.28. The first-order chi connectivity index (χ1) is 13.0. The minimum absolute atomic E-state index is 0.0708. The zero-order chi connectivity index (χ0) is 20.7. The molecule has 0 aliphatic carbocycles. The van der Waals surface area contributed by atoms with E-state index in [1.54, 1.807) is 24.3 Å². The molecule has 0 spiro atoms. The first-order valence-electron chi connectivity index (χ1n) is 7.72. The fourth-order valence-corrected chi connectivity index (χ4v) is 3.88. The third kappa shape index (κ3) is 4.07. The highest BCUT2D eigenvalue weighted by Gasteiger charge is 2.36. The summed E-state index contributed by atoms with van der Waals surface area (Å²) in [5, 5.41) is 8.68. The van der Waals surface area contributed by atoms with Gasteiger partial charge in [-0.1, -0.05) is 12.1 Å². The summed E-state index contributed by atoms with van der Waals surface area (Å²) < 4.78 is 75.6. The number of hydrogen-bond donors (Lipinski definition) is 1. The molecule has 0 aliphatic heterocycles. The monoisotopic (exact) mass is 429 g/mol. The third-order valence-electron chi connectivity index (χ3n) is 3.88. The number of halogens is 3. The van der Waals surface area contributed by atoms with Crippen LogP contribution in [0.3, 0.4) is 0 Å². The van der Waals surface area contributed by atoms with Gasteiger partial charge in [0.15, 0.2) is 10.6 Å². The van der Waals surface area contributed by atoms with Gasteiger partial charge in [0.2, 0.25) is 10.0 Å². The van der Waals surface area contributed by atoms with Crippen LogP contribution in [0.2, 0.25) is 0 Å². The smallest absolute Gasteiger partial charge is 0.435 e. The summed E-state index contributed by atoms with van der Waals surface area (Å²) in [6.07, 6.45) is -3.27. The molecular weight excluding hydrogens is 415 g/mol. The minimum atomic E-state index is -4.69. The van der Waals surface area contributed by atoms with Crippen LogP contribution in [0, 0.1) is 0 Å². The van der Waals surface area contributed by atoms with Crippen LogP contribution in [-0.2, 0) is 27.4 Å². The molecule has 0 bridgehead atoms. The number of hydrogen-bond acceptors (Lipinski definition) is 4. The van der Waals surface area contributed by atoms with Gasteiger partial charge in [0.1, 0.15) is 6.26 Å². The third-order valence-corrected chi connectivity index (χ3v) is 5.79. The maximum absolute atomic E-state index is 13.3. The molecule has 1 atom stereocenters.